The number of aryl methyl sites for hydroxylation is 1. The highest BCUT2D eigenvalue weighted by molar-refractivity contribution is 6.32. The van der Waals surface area contributed by atoms with Gasteiger partial charge in [-0.2, -0.15) is 0 Å². The number of nitrogens with zero attached hydrogens (tertiary/aromatic N) is 4. The van der Waals surface area contributed by atoms with Crippen molar-refractivity contribution in [2.45, 2.75) is 19.8 Å². The van der Waals surface area contributed by atoms with Crippen molar-refractivity contribution in [1.82, 2.24) is 25.0 Å². The number of hydrogen-bond donors (Lipinski definition) is 1. The molecule has 0 saturated carbocycles. The second kappa shape index (κ2) is 8.08. The van der Waals surface area contributed by atoms with Crippen LogP contribution in [0.15, 0.2) is 24.3 Å². The second-order valence-electron chi connectivity index (χ2n) is 5.30. The van der Waals surface area contributed by atoms with Gasteiger partial charge in [0.2, 0.25) is 5.82 Å². The Morgan fingerprint density at radius 1 is 1.39 bits per heavy atom. The third-order valence-corrected chi connectivity index (χ3v) is 3.78. The van der Waals surface area contributed by atoms with Gasteiger partial charge >= 0.3 is 0 Å². The van der Waals surface area contributed by atoms with E-state index in [0.717, 1.165) is 30.9 Å². The number of aromatic nitrogens is 3. The number of hydrogen-bond acceptors (Lipinski definition) is 4. The first kappa shape index (κ1) is 17.4. The fourth-order valence-electron chi connectivity index (χ4n) is 2.19. The van der Waals surface area contributed by atoms with Gasteiger partial charge in [-0.1, -0.05) is 30.7 Å². The van der Waals surface area contributed by atoms with Crippen molar-refractivity contribution in [3.05, 3.63) is 40.9 Å². The number of carbonyl (C=O) groups excluding carboxylic acids is 1. The van der Waals surface area contributed by atoms with Gasteiger partial charge in [-0.3, -0.25) is 4.79 Å². The van der Waals surface area contributed by atoms with E-state index in [2.05, 4.69) is 22.3 Å². The summed E-state index contributed by atoms with van der Waals surface area (Å²) >= 11 is 6.26. The smallest absolute Gasteiger partial charge is 0.293 e. The summed E-state index contributed by atoms with van der Waals surface area (Å²) in [4.78, 5) is 18.5. The standard InChI is InChI=1S/C16H22ClN5O/c1-4-7-14-19-15(16(23)21(3)11-10-18-2)20-22(14)13-9-6-5-8-12(13)17/h5-6,8-9,18H,4,7,10-11H2,1-3H3. The quantitative estimate of drug-likeness (QED) is 0.842. The largest absolute Gasteiger partial charge is 0.338 e. The maximum absolute atomic E-state index is 12.5. The van der Waals surface area contributed by atoms with Crippen LogP contribution in [0.4, 0.5) is 0 Å². The van der Waals surface area contributed by atoms with E-state index >= 15 is 0 Å². The molecule has 2 aromatic rings. The fourth-order valence-corrected chi connectivity index (χ4v) is 2.40. The van der Waals surface area contributed by atoms with E-state index in [4.69, 9.17) is 11.6 Å². The molecule has 0 aliphatic carbocycles. The van der Waals surface area contributed by atoms with Gasteiger partial charge in [-0.05, 0) is 25.6 Å². The summed E-state index contributed by atoms with van der Waals surface area (Å²) in [6, 6.07) is 7.42. The van der Waals surface area contributed by atoms with Crippen LogP contribution in [-0.4, -0.2) is 52.8 Å². The lowest BCUT2D eigenvalue weighted by molar-refractivity contribution is 0.0785. The molecule has 1 aromatic carbocycles. The summed E-state index contributed by atoms with van der Waals surface area (Å²) in [7, 11) is 3.59. The zero-order chi connectivity index (χ0) is 16.8. The molecule has 7 heteroatoms. The van der Waals surface area contributed by atoms with E-state index < -0.39 is 0 Å². The normalized spacial score (nSPS) is 10.8. The highest BCUT2D eigenvalue weighted by atomic mass is 35.5. The number of nitrogens with one attached hydrogen (secondary N) is 1. The maximum Gasteiger partial charge on any atom is 0.293 e. The van der Waals surface area contributed by atoms with Crippen molar-refractivity contribution in [2.75, 3.05) is 27.2 Å². The first-order valence-electron chi connectivity index (χ1n) is 7.69. The predicted molar refractivity (Wildman–Crippen MR) is 91.3 cm³/mol. The number of benzene rings is 1. The molecule has 2 rings (SSSR count). The van der Waals surface area contributed by atoms with Gasteiger partial charge < -0.3 is 10.2 Å². The van der Waals surface area contributed by atoms with E-state index in [0.29, 0.717) is 11.6 Å². The molecule has 0 unspecified atom stereocenters. The number of amides is 1. The number of halogens is 1. The van der Waals surface area contributed by atoms with Gasteiger partial charge in [0, 0.05) is 26.6 Å². The molecule has 0 fully saturated rings. The summed E-state index contributed by atoms with van der Waals surface area (Å²) in [6.45, 7) is 3.38. The molecule has 1 N–H and O–H groups in total. The Bertz CT molecular complexity index is 670. The minimum atomic E-state index is -0.191. The van der Waals surface area contributed by atoms with Crippen LogP contribution in [0.5, 0.6) is 0 Å². The average Bonchev–Trinajstić information content (AvgIpc) is 2.96. The second-order valence-corrected chi connectivity index (χ2v) is 5.70. The number of para-hydroxylation sites is 1. The third-order valence-electron chi connectivity index (χ3n) is 3.46. The van der Waals surface area contributed by atoms with Crippen LogP contribution in [-0.2, 0) is 6.42 Å². The monoisotopic (exact) mass is 335 g/mol. The Hall–Kier alpha value is -1.92. The molecule has 1 heterocycles. The molecular formula is C16H22ClN5O. The lowest BCUT2D eigenvalue weighted by Crippen LogP contribution is -2.33. The minimum absolute atomic E-state index is 0.191. The molecule has 23 heavy (non-hydrogen) atoms. The van der Waals surface area contributed by atoms with E-state index in [-0.39, 0.29) is 11.7 Å². The first-order chi connectivity index (χ1) is 11.1. The molecule has 0 spiro atoms. The minimum Gasteiger partial charge on any atom is -0.338 e. The lowest BCUT2D eigenvalue weighted by atomic mass is 10.3. The maximum atomic E-state index is 12.5. The molecule has 1 aromatic heterocycles. The van der Waals surface area contributed by atoms with Gasteiger partial charge in [0.15, 0.2) is 0 Å². The molecule has 6 nitrogen and oxygen atoms in total. The highest BCUT2D eigenvalue weighted by Gasteiger charge is 2.20. The van der Waals surface area contributed by atoms with Crippen LogP contribution in [0.1, 0.15) is 29.8 Å². The van der Waals surface area contributed by atoms with Gasteiger partial charge in [0.25, 0.3) is 5.91 Å². The van der Waals surface area contributed by atoms with Crippen LogP contribution in [0.3, 0.4) is 0 Å². The molecule has 0 aliphatic rings. The van der Waals surface area contributed by atoms with Gasteiger partial charge in [0.05, 0.1) is 10.7 Å². The molecular weight excluding hydrogens is 314 g/mol. The summed E-state index contributed by atoms with van der Waals surface area (Å²) in [5.74, 6) is 0.751. The summed E-state index contributed by atoms with van der Waals surface area (Å²) in [6.07, 6.45) is 1.64. The Morgan fingerprint density at radius 2 is 2.13 bits per heavy atom. The summed E-state index contributed by atoms with van der Waals surface area (Å²) in [5, 5.41) is 8.00. The SMILES string of the molecule is CCCc1nc(C(=O)N(C)CCNC)nn1-c1ccccc1Cl. The number of likely N-dealkylation sites (N-methyl/N-ethyl adjacent to an activating group) is 2. The van der Waals surface area contributed by atoms with Crippen LogP contribution >= 0.6 is 11.6 Å². The van der Waals surface area contributed by atoms with Crippen molar-refractivity contribution >= 4 is 17.5 Å². The number of carbonyl (C=O) groups is 1. The molecule has 0 saturated heterocycles. The highest BCUT2D eigenvalue weighted by Crippen LogP contribution is 2.21. The third kappa shape index (κ3) is 4.09. The van der Waals surface area contributed by atoms with Crippen molar-refractivity contribution in [3.8, 4) is 5.69 Å². The summed E-state index contributed by atoms with van der Waals surface area (Å²) in [5.41, 5.74) is 0.738. The van der Waals surface area contributed by atoms with Gasteiger partial charge in [0.1, 0.15) is 5.82 Å². The van der Waals surface area contributed by atoms with Crippen molar-refractivity contribution < 1.29 is 4.79 Å². The van der Waals surface area contributed by atoms with Crippen LogP contribution in [0.2, 0.25) is 5.02 Å². The first-order valence-corrected chi connectivity index (χ1v) is 8.07. The van der Waals surface area contributed by atoms with E-state index in [9.17, 15) is 4.79 Å². The lowest BCUT2D eigenvalue weighted by Gasteiger charge is -2.14. The topological polar surface area (TPSA) is 63.1 Å². The van der Waals surface area contributed by atoms with Crippen LogP contribution in [0, 0.1) is 0 Å². The van der Waals surface area contributed by atoms with Crippen molar-refractivity contribution in [3.63, 3.8) is 0 Å². The van der Waals surface area contributed by atoms with Crippen molar-refractivity contribution in [1.29, 1.82) is 0 Å². The fraction of sp³-hybridized carbons (Fsp3) is 0.438. The average molecular weight is 336 g/mol. The van der Waals surface area contributed by atoms with E-state index in [1.165, 1.54) is 0 Å². The molecule has 0 aliphatic heterocycles. The van der Waals surface area contributed by atoms with Gasteiger partial charge in [-0.15, -0.1) is 5.10 Å². The molecule has 0 radical (unpaired) electrons. The van der Waals surface area contributed by atoms with Crippen LogP contribution < -0.4 is 5.32 Å². The molecule has 0 bridgehead atoms. The molecule has 1 amide bonds. The zero-order valence-corrected chi connectivity index (χ0v) is 14.5. The Kier molecular flexibility index (Phi) is 6.12. The van der Waals surface area contributed by atoms with Crippen LogP contribution in [0.25, 0.3) is 5.69 Å². The Labute approximate surface area is 141 Å². The molecule has 0 atom stereocenters. The predicted octanol–water partition coefficient (Wildman–Crippen LogP) is 2.16. The zero-order valence-electron chi connectivity index (χ0n) is 13.7. The Morgan fingerprint density at radius 3 is 2.78 bits per heavy atom. The van der Waals surface area contributed by atoms with E-state index in [1.807, 2.05) is 25.2 Å². The van der Waals surface area contributed by atoms with Gasteiger partial charge in [-0.25, -0.2) is 9.67 Å². The Balaban J connectivity index is 2.35. The molecule has 124 valence electrons. The number of rotatable bonds is 7. The van der Waals surface area contributed by atoms with E-state index in [1.54, 1.807) is 22.7 Å². The van der Waals surface area contributed by atoms with Crippen molar-refractivity contribution in [2.24, 2.45) is 0 Å². The summed E-state index contributed by atoms with van der Waals surface area (Å²) < 4.78 is 1.67.